The maximum Gasteiger partial charge on any atom is 0.257 e. The van der Waals surface area contributed by atoms with Gasteiger partial charge in [0.2, 0.25) is 0 Å². The normalized spacial score (nSPS) is 24.1. The summed E-state index contributed by atoms with van der Waals surface area (Å²) in [4.78, 5) is 18.3. The first-order chi connectivity index (χ1) is 8.63. The largest absolute Gasteiger partial charge is 0.375 e. The zero-order valence-corrected chi connectivity index (χ0v) is 11.4. The molecular weight excluding hydrogens is 252 g/mol. The van der Waals surface area contributed by atoms with Crippen molar-refractivity contribution < 1.29 is 9.53 Å². The summed E-state index contributed by atoms with van der Waals surface area (Å²) < 4.78 is 5.59. The van der Waals surface area contributed by atoms with Gasteiger partial charge in [0.25, 0.3) is 5.91 Å². The number of morpholine rings is 1. The minimum absolute atomic E-state index is 0.0601. The number of pyridine rings is 1. The van der Waals surface area contributed by atoms with Crippen LogP contribution in [0.1, 0.15) is 30.6 Å². The maximum absolute atomic E-state index is 12.5. The fourth-order valence-corrected chi connectivity index (χ4v) is 2.33. The van der Waals surface area contributed by atoms with Gasteiger partial charge >= 0.3 is 0 Å². The summed E-state index contributed by atoms with van der Waals surface area (Å²) in [5.41, 5.74) is 0.465. The Morgan fingerprint density at radius 2 is 2.44 bits per heavy atom. The van der Waals surface area contributed by atoms with E-state index in [1.54, 1.807) is 18.3 Å². The van der Waals surface area contributed by atoms with Crippen LogP contribution in [-0.4, -0.2) is 41.1 Å². The number of hydrogen-bond acceptors (Lipinski definition) is 3. The average Bonchev–Trinajstić information content (AvgIpc) is 2.38. The van der Waals surface area contributed by atoms with Crippen molar-refractivity contribution in [2.45, 2.75) is 32.4 Å². The van der Waals surface area contributed by atoms with Gasteiger partial charge in [0.15, 0.2) is 0 Å². The minimum atomic E-state index is -0.0601. The van der Waals surface area contributed by atoms with Crippen molar-refractivity contribution in [1.29, 1.82) is 0 Å². The van der Waals surface area contributed by atoms with Crippen molar-refractivity contribution in [3.05, 3.63) is 29.0 Å². The first kappa shape index (κ1) is 13.3. The SMILES string of the molecule is CC[C@H]1CO[C@H](C)CN1C(=O)c1cccnc1Cl. The number of halogens is 1. The van der Waals surface area contributed by atoms with Crippen LogP contribution in [0, 0.1) is 0 Å². The lowest BCUT2D eigenvalue weighted by Gasteiger charge is -2.38. The van der Waals surface area contributed by atoms with Gasteiger partial charge in [-0.15, -0.1) is 0 Å². The molecule has 0 bridgehead atoms. The Kier molecular flexibility index (Phi) is 4.19. The number of hydrogen-bond donors (Lipinski definition) is 0. The highest BCUT2D eigenvalue weighted by molar-refractivity contribution is 6.32. The molecule has 5 heteroatoms. The van der Waals surface area contributed by atoms with Crippen LogP contribution in [0.3, 0.4) is 0 Å². The Morgan fingerprint density at radius 3 is 3.11 bits per heavy atom. The van der Waals surface area contributed by atoms with Crippen LogP contribution in [-0.2, 0) is 4.74 Å². The monoisotopic (exact) mass is 268 g/mol. The van der Waals surface area contributed by atoms with Crippen LogP contribution in [0.25, 0.3) is 0 Å². The van der Waals surface area contributed by atoms with Crippen molar-refractivity contribution in [3.8, 4) is 0 Å². The molecule has 0 spiro atoms. The Labute approximate surface area is 112 Å². The summed E-state index contributed by atoms with van der Waals surface area (Å²) in [7, 11) is 0. The second kappa shape index (κ2) is 5.67. The van der Waals surface area contributed by atoms with Crippen LogP contribution < -0.4 is 0 Å². The number of carbonyl (C=O) groups is 1. The van der Waals surface area contributed by atoms with Crippen LogP contribution >= 0.6 is 11.6 Å². The second-order valence-corrected chi connectivity index (χ2v) is 4.86. The van der Waals surface area contributed by atoms with Gasteiger partial charge in [0.05, 0.1) is 24.3 Å². The van der Waals surface area contributed by atoms with Crippen molar-refractivity contribution >= 4 is 17.5 Å². The van der Waals surface area contributed by atoms with Gasteiger partial charge < -0.3 is 9.64 Å². The van der Waals surface area contributed by atoms with Gasteiger partial charge in [-0.3, -0.25) is 4.79 Å². The molecule has 0 aliphatic carbocycles. The third-order valence-electron chi connectivity index (χ3n) is 3.19. The molecule has 0 N–H and O–H groups in total. The van der Waals surface area contributed by atoms with Crippen molar-refractivity contribution in [1.82, 2.24) is 9.88 Å². The topological polar surface area (TPSA) is 42.4 Å². The molecule has 2 heterocycles. The van der Waals surface area contributed by atoms with Crippen molar-refractivity contribution in [2.75, 3.05) is 13.2 Å². The molecule has 1 aromatic rings. The summed E-state index contributed by atoms with van der Waals surface area (Å²) in [6, 6.07) is 3.55. The van der Waals surface area contributed by atoms with E-state index in [4.69, 9.17) is 16.3 Å². The molecule has 4 nitrogen and oxygen atoms in total. The third kappa shape index (κ3) is 2.65. The Morgan fingerprint density at radius 1 is 1.67 bits per heavy atom. The van der Waals surface area contributed by atoms with Gasteiger partial charge in [-0.1, -0.05) is 18.5 Å². The third-order valence-corrected chi connectivity index (χ3v) is 3.49. The number of carbonyl (C=O) groups excluding carboxylic acids is 1. The molecule has 1 aliphatic heterocycles. The van der Waals surface area contributed by atoms with E-state index in [1.807, 2.05) is 11.8 Å². The molecule has 0 aromatic carbocycles. The maximum atomic E-state index is 12.5. The molecule has 18 heavy (non-hydrogen) atoms. The van der Waals surface area contributed by atoms with Crippen molar-refractivity contribution in [2.24, 2.45) is 0 Å². The highest BCUT2D eigenvalue weighted by atomic mass is 35.5. The smallest absolute Gasteiger partial charge is 0.257 e. The van der Waals surface area contributed by atoms with E-state index in [-0.39, 0.29) is 23.2 Å². The molecule has 1 aromatic heterocycles. The number of nitrogens with zero attached hydrogens (tertiary/aromatic N) is 2. The van der Waals surface area contributed by atoms with Crippen LogP contribution in [0.4, 0.5) is 0 Å². The van der Waals surface area contributed by atoms with E-state index in [0.717, 1.165) is 6.42 Å². The van der Waals surface area contributed by atoms with E-state index in [2.05, 4.69) is 11.9 Å². The Balaban J connectivity index is 2.23. The predicted molar refractivity (Wildman–Crippen MR) is 69.8 cm³/mol. The molecule has 1 aliphatic rings. The lowest BCUT2D eigenvalue weighted by atomic mass is 10.1. The Bertz CT molecular complexity index is 439. The summed E-state index contributed by atoms with van der Waals surface area (Å²) in [6.07, 6.45) is 2.52. The molecule has 1 amide bonds. The molecule has 0 radical (unpaired) electrons. The van der Waals surface area contributed by atoms with E-state index >= 15 is 0 Å². The van der Waals surface area contributed by atoms with Crippen LogP contribution in [0.15, 0.2) is 18.3 Å². The number of aromatic nitrogens is 1. The van der Waals surface area contributed by atoms with Crippen LogP contribution in [0.5, 0.6) is 0 Å². The summed E-state index contributed by atoms with van der Waals surface area (Å²) >= 11 is 5.98. The molecule has 0 saturated carbocycles. The molecule has 1 saturated heterocycles. The first-order valence-electron chi connectivity index (χ1n) is 6.16. The fourth-order valence-electron chi connectivity index (χ4n) is 2.13. The summed E-state index contributed by atoms with van der Waals surface area (Å²) in [5.74, 6) is -0.0601. The number of ether oxygens (including phenoxy) is 1. The minimum Gasteiger partial charge on any atom is -0.375 e. The lowest BCUT2D eigenvalue weighted by molar-refractivity contribution is -0.0444. The zero-order chi connectivity index (χ0) is 13.1. The van der Waals surface area contributed by atoms with E-state index in [9.17, 15) is 4.79 Å². The predicted octanol–water partition coefficient (Wildman–Crippen LogP) is 2.37. The molecule has 2 atom stereocenters. The van der Waals surface area contributed by atoms with Gasteiger partial charge in [-0.25, -0.2) is 4.98 Å². The fraction of sp³-hybridized carbons (Fsp3) is 0.538. The van der Waals surface area contributed by atoms with E-state index in [0.29, 0.717) is 18.7 Å². The van der Waals surface area contributed by atoms with Crippen LogP contribution in [0.2, 0.25) is 5.15 Å². The highest BCUT2D eigenvalue weighted by Crippen LogP contribution is 2.20. The molecule has 0 unspecified atom stereocenters. The molecule has 1 fully saturated rings. The van der Waals surface area contributed by atoms with Gasteiger partial charge in [0.1, 0.15) is 5.15 Å². The second-order valence-electron chi connectivity index (χ2n) is 4.51. The molecular formula is C13H17ClN2O2. The molecule has 2 rings (SSSR count). The first-order valence-corrected chi connectivity index (χ1v) is 6.54. The summed E-state index contributed by atoms with van der Waals surface area (Å²) in [6.45, 7) is 5.20. The average molecular weight is 269 g/mol. The number of rotatable bonds is 2. The number of amides is 1. The quantitative estimate of drug-likeness (QED) is 0.774. The zero-order valence-electron chi connectivity index (χ0n) is 10.6. The van der Waals surface area contributed by atoms with E-state index in [1.165, 1.54) is 0 Å². The lowest BCUT2D eigenvalue weighted by Crippen LogP contribution is -2.51. The highest BCUT2D eigenvalue weighted by Gasteiger charge is 2.30. The summed E-state index contributed by atoms with van der Waals surface area (Å²) in [5, 5.41) is 0.261. The van der Waals surface area contributed by atoms with Gasteiger partial charge in [0, 0.05) is 12.7 Å². The van der Waals surface area contributed by atoms with Crippen molar-refractivity contribution in [3.63, 3.8) is 0 Å². The molecule has 98 valence electrons. The Hall–Kier alpha value is -1.13. The van der Waals surface area contributed by atoms with E-state index < -0.39 is 0 Å². The van der Waals surface area contributed by atoms with Gasteiger partial charge in [-0.05, 0) is 25.5 Å². The standard InChI is InChI=1S/C13H17ClN2O2/c1-3-10-8-18-9(2)7-16(10)13(17)11-5-4-6-15-12(11)14/h4-6,9-10H,3,7-8H2,1-2H3/t9-,10+/m1/s1. The van der Waals surface area contributed by atoms with Gasteiger partial charge in [-0.2, -0.15) is 0 Å².